The Hall–Kier alpha value is -2.18. The van der Waals surface area contributed by atoms with Crippen LogP contribution in [0.2, 0.25) is 5.02 Å². The molecule has 0 fully saturated rings. The third kappa shape index (κ3) is 5.99. The highest BCUT2D eigenvalue weighted by molar-refractivity contribution is 9.10. The van der Waals surface area contributed by atoms with Crippen LogP contribution in [-0.2, 0) is 4.79 Å². The molecule has 2 amide bonds. The summed E-state index contributed by atoms with van der Waals surface area (Å²) in [6.45, 7) is 3.59. The third-order valence-corrected chi connectivity index (χ3v) is 4.08. The van der Waals surface area contributed by atoms with Gasteiger partial charge in [0, 0.05) is 26.5 Å². The number of carbonyl (C=O) groups is 2. The number of halogens is 2. The zero-order valence-electron chi connectivity index (χ0n) is 13.8. The van der Waals surface area contributed by atoms with Gasteiger partial charge in [-0.25, -0.2) is 5.43 Å². The van der Waals surface area contributed by atoms with E-state index in [1.165, 1.54) is 0 Å². The molecule has 0 aliphatic rings. The predicted octanol–water partition coefficient (Wildman–Crippen LogP) is 4.55. The van der Waals surface area contributed by atoms with Crippen molar-refractivity contribution in [2.24, 2.45) is 5.10 Å². The van der Waals surface area contributed by atoms with E-state index in [4.69, 9.17) is 11.6 Å². The molecule has 0 aliphatic carbocycles. The van der Waals surface area contributed by atoms with E-state index < -0.39 is 0 Å². The summed E-state index contributed by atoms with van der Waals surface area (Å²) in [7, 11) is 0. The Labute approximate surface area is 159 Å². The van der Waals surface area contributed by atoms with Crippen molar-refractivity contribution in [3.05, 3.63) is 63.1 Å². The monoisotopic (exact) mass is 421 g/mol. The number of nitrogens with zero attached hydrogens (tertiary/aromatic N) is 1. The minimum absolute atomic E-state index is 0.0798. The predicted molar refractivity (Wildman–Crippen MR) is 104 cm³/mol. The molecule has 0 aromatic heterocycles. The number of hydrazone groups is 1. The summed E-state index contributed by atoms with van der Waals surface area (Å²) in [4.78, 5) is 24.0. The lowest BCUT2D eigenvalue weighted by Crippen LogP contribution is -2.21. The molecule has 0 spiro atoms. The first-order chi connectivity index (χ1) is 11.8. The van der Waals surface area contributed by atoms with Crippen molar-refractivity contribution in [3.63, 3.8) is 0 Å². The second-order valence-corrected chi connectivity index (χ2v) is 6.83. The Morgan fingerprint density at radius 1 is 1.16 bits per heavy atom. The number of carbonyl (C=O) groups excluding carboxylic acids is 2. The molecule has 2 aromatic carbocycles. The minimum Gasteiger partial charge on any atom is -0.326 e. The lowest BCUT2D eigenvalue weighted by molar-refractivity contribution is -0.115. The number of hydrogen-bond acceptors (Lipinski definition) is 3. The van der Waals surface area contributed by atoms with Crippen molar-refractivity contribution in [1.82, 2.24) is 5.43 Å². The van der Waals surface area contributed by atoms with E-state index in [1.807, 2.05) is 25.1 Å². The van der Waals surface area contributed by atoms with Crippen LogP contribution in [0.4, 0.5) is 5.69 Å². The number of amides is 2. The van der Waals surface area contributed by atoms with E-state index >= 15 is 0 Å². The Morgan fingerprint density at radius 2 is 1.84 bits per heavy atom. The van der Waals surface area contributed by atoms with Crippen molar-refractivity contribution in [2.75, 3.05) is 5.32 Å². The first kappa shape index (κ1) is 19.1. The molecule has 2 N–H and O–H groups in total. The second kappa shape index (κ2) is 8.78. The van der Waals surface area contributed by atoms with Gasteiger partial charge < -0.3 is 5.32 Å². The first-order valence-corrected chi connectivity index (χ1v) is 8.67. The smallest absolute Gasteiger partial charge is 0.271 e. The molecule has 5 nitrogen and oxygen atoms in total. The van der Waals surface area contributed by atoms with Gasteiger partial charge in [0.25, 0.3) is 5.91 Å². The van der Waals surface area contributed by atoms with Crippen LogP contribution in [0.15, 0.2) is 52.0 Å². The van der Waals surface area contributed by atoms with Crippen molar-refractivity contribution >= 4 is 50.7 Å². The van der Waals surface area contributed by atoms with E-state index in [0.29, 0.717) is 16.3 Å². The van der Waals surface area contributed by atoms with Crippen molar-refractivity contribution in [3.8, 4) is 0 Å². The van der Waals surface area contributed by atoms with Gasteiger partial charge in [-0.15, -0.1) is 0 Å². The summed E-state index contributed by atoms with van der Waals surface area (Å²) in [5.74, 6) is -0.562. The summed E-state index contributed by atoms with van der Waals surface area (Å²) in [6, 6.07) is 12.1. The summed E-state index contributed by atoms with van der Waals surface area (Å²) >= 11 is 9.16. The average Bonchev–Trinajstić information content (AvgIpc) is 2.56. The standard InChI is InChI=1S/C18H17BrClN3O2/c1-11-9-14(19)5-8-16(11)21-17(24)10-12(2)22-23-18(25)13-3-6-15(20)7-4-13/h3-9H,10H2,1-2H3,(H,21,24)(H,23,25)/b22-12-. The molecule has 130 valence electrons. The van der Waals surface area contributed by atoms with Gasteiger partial charge in [-0.1, -0.05) is 27.5 Å². The molecular formula is C18H17BrClN3O2. The van der Waals surface area contributed by atoms with Crippen LogP contribution in [0.1, 0.15) is 29.3 Å². The molecule has 0 saturated carbocycles. The lowest BCUT2D eigenvalue weighted by atomic mass is 10.2. The molecule has 7 heteroatoms. The molecule has 0 saturated heterocycles. The molecule has 0 atom stereocenters. The van der Waals surface area contributed by atoms with Gasteiger partial charge in [-0.2, -0.15) is 5.10 Å². The maximum Gasteiger partial charge on any atom is 0.271 e. The van der Waals surface area contributed by atoms with Gasteiger partial charge in [-0.3, -0.25) is 9.59 Å². The summed E-state index contributed by atoms with van der Waals surface area (Å²) in [6.07, 6.45) is 0.0798. The van der Waals surface area contributed by atoms with Crippen LogP contribution in [0.5, 0.6) is 0 Å². The largest absolute Gasteiger partial charge is 0.326 e. The molecule has 2 aromatic rings. The molecule has 0 aliphatic heterocycles. The number of benzene rings is 2. The molecule has 0 unspecified atom stereocenters. The van der Waals surface area contributed by atoms with Crippen LogP contribution in [-0.4, -0.2) is 17.5 Å². The SMILES string of the molecule is C/C(CC(=O)Nc1ccc(Br)cc1C)=N/NC(=O)c1ccc(Cl)cc1. The lowest BCUT2D eigenvalue weighted by Gasteiger charge is -2.09. The van der Waals surface area contributed by atoms with Gasteiger partial charge in [0.1, 0.15) is 0 Å². The van der Waals surface area contributed by atoms with Crippen LogP contribution in [0.25, 0.3) is 0 Å². The first-order valence-electron chi connectivity index (χ1n) is 7.50. The Balaban J connectivity index is 1.90. The van der Waals surface area contributed by atoms with Gasteiger partial charge in [0.05, 0.1) is 6.42 Å². The summed E-state index contributed by atoms with van der Waals surface area (Å²) < 4.78 is 0.950. The minimum atomic E-state index is -0.361. The van der Waals surface area contributed by atoms with Gasteiger partial charge in [0.2, 0.25) is 5.91 Å². The molecule has 0 radical (unpaired) electrons. The van der Waals surface area contributed by atoms with Gasteiger partial charge >= 0.3 is 0 Å². The highest BCUT2D eigenvalue weighted by Crippen LogP contribution is 2.20. The zero-order valence-corrected chi connectivity index (χ0v) is 16.1. The maximum absolute atomic E-state index is 12.1. The molecule has 2 rings (SSSR count). The Kier molecular flexibility index (Phi) is 6.73. The number of nitrogens with one attached hydrogen (secondary N) is 2. The fourth-order valence-electron chi connectivity index (χ4n) is 2.05. The summed E-state index contributed by atoms with van der Waals surface area (Å²) in [5, 5.41) is 7.33. The highest BCUT2D eigenvalue weighted by Gasteiger charge is 2.08. The number of anilines is 1. The van der Waals surface area contributed by atoms with Gasteiger partial charge in [0.15, 0.2) is 0 Å². The fourth-order valence-corrected chi connectivity index (χ4v) is 2.65. The van der Waals surface area contributed by atoms with Crippen molar-refractivity contribution in [2.45, 2.75) is 20.3 Å². The van der Waals surface area contributed by atoms with Gasteiger partial charge in [-0.05, 0) is 61.9 Å². The van der Waals surface area contributed by atoms with E-state index in [-0.39, 0.29) is 18.2 Å². The quantitative estimate of drug-likeness (QED) is 0.548. The van der Waals surface area contributed by atoms with E-state index in [0.717, 1.165) is 15.7 Å². The molecule has 0 heterocycles. The average molecular weight is 423 g/mol. The zero-order chi connectivity index (χ0) is 18.4. The van der Waals surface area contributed by atoms with Crippen LogP contribution >= 0.6 is 27.5 Å². The summed E-state index contributed by atoms with van der Waals surface area (Å²) in [5.41, 5.74) is 5.06. The molecular weight excluding hydrogens is 406 g/mol. The maximum atomic E-state index is 12.1. The van der Waals surface area contributed by atoms with E-state index in [2.05, 4.69) is 31.8 Å². The third-order valence-electron chi connectivity index (χ3n) is 3.33. The van der Waals surface area contributed by atoms with Crippen LogP contribution in [0, 0.1) is 6.92 Å². The fraction of sp³-hybridized carbons (Fsp3) is 0.167. The Morgan fingerprint density at radius 3 is 2.48 bits per heavy atom. The topological polar surface area (TPSA) is 70.6 Å². The van der Waals surface area contributed by atoms with Crippen LogP contribution in [0.3, 0.4) is 0 Å². The normalized spacial score (nSPS) is 11.1. The van der Waals surface area contributed by atoms with Crippen molar-refractivity contribution in [1.29, 1.82) is 0 Å². The Bertz CT molecular complexity index is 820. The van der Waals surface area contributed by atoms with E-state index in [1.54, 1.807) is 31.2 Å². The second-order valence-electron chi connectivity index (χ2n) is 5.48. The van der Waals surface area contributed by atoms with E-state index in [9.17, 15) is 9.59 Å². The number of rotatable bonds is 5. The number of aryl methyl sites for hydroxylation is 1. The number of hydrogen-bond donors (Lipinski definition) is 2. The molecule has 25 heavy (non-hydrogen) atoms. The van der Waals surface area contributed by atoms with Crippen molar-refractivity contribution < 1.29 is 9.59 Å². The molecule has 0 bridgehead atoms. The highest BCUT2D eigenvalue weighted by atomic mass is 79.9. The van der Waals surface area contributed by atoms with Crippen LogP contribution < -0.4 is 10.7 Å².